The van der Waals surface area contributed by atoms with Crippen molar-refractivity contribution in [2.75, 3.05) is 19.0 Å². The minimum Gasteiger partial charge on any atom is -0.372 e. The molecule has 0 fully saturated rings. The first-order valence-electron chi connectivity index (χ1n) is 5.39. The third kappa shape index (κ3) is 2.93. The normalized spacial score (nSPS) is 10.8. The fourth-order valence-corrected chi connectivity index (χ4v) is 1.51. The molecule has 0 atom stereocenters. The van der Waals surface area contributed by atoms with Gasteiger partial charge in [-0.3, -0.25) is 4.98 Å². The molecule has 0 saturated carbocycles. The standard InChI is InChI=1S/C12H21N3/c1-9(2)15(5)12-6-10(3)14-8-11(12)7-13-4/h6,8-9,13H,7H2,1-5H3. The monoisotopic (exact) mass is 207 g/mol. The summed E-state index contributed by atoms with van der Waals surface area (Å²) in [5.41, 5.74) is 3.59. The summed E-state index contributed by atoms with van der Waals surface area (Å²) >= 11 is 0. The number of pyridine rings is 1. The van der Waals surface area contributed by atoms with Gasteiger partial charge in [0.15, 0.2) is 0 Å². The molecule has 84 valence electrons. The highest BCUT2D eigenvalue weighted by Gasteiger charge is 2.10. The van der Waals surface area contributed by atoms with Crippen molar-refractivity contribution in [3.8, 4) is 0 Å². The van der Waals surface area contributed by atoms with Crippen molar-refractivity contribution in [2.45, 2.75) is 33.4 Å². The number of nitrogens with zero attached hydrogens (tertiary/aromatic N) is 2. The summed E-state index contributed by atoms with van der Waals surface area (Å²) in [5.74, 6) is 0. The van der Waals surface area contributed by atoms with E-state index in [1.54, 1.807) is 0 Å². The van der Waals surface area contributed by atoms with Crippen LogP contribution in [0.3, 0.4) is 0 Å². The number of hydrogen-bond acceptors (Lipinski definition) is 3. The van der Waals surface area contributed by atoms with Gasteiger partial charge in [-0.15, -0.1) is 0 Å². The average Bonchev–Trinajstić information content (AvgIpc) is 2.20. The predicted molar refractivity (Wildman–Crippen MR) is 65.3 cm³/mol. The summed E-state index contributed by atoms with van der Waals surface area (Å²) in [7, 11) is 4.08. The maximum atomic E-state index is 4.33. The van der Waals surface area contributed by atoms with Crippen molar-refractivity contribution in [3.05, 3.63) is 23.5 Å². The van der Waals surface area contributed by atoms with Crippen LogP contribution in [0.1, 0.15) is 25.1 Å². The third-order valence-electron chi connectivity index (χ3n) is 2.62. The molecule has 3 nitrogen and oxygen atoms in total. The third-order valence-corrected chi connectivity index (χ3v) is 2.62. The fourth-order valence-electron chi connectivity index (χ4n) is 1.51. The minimum atomic E-state index is 0.502. The summed E-state index contributed by atoms with van der Waals surface area (Å²) < 4.78 is 0. The molecule has 1 aromatic heterocycles. The molecule has 3 heteroatoms. The number of hydrogen-bond donors (Lipinski definition) is 1. The van der Waals surface area contributed by atoms with E-state index in [1.807, 2.05) is 20.2 Å². The Bertz CT molecular complexity index is 321. The van der Waals surface area contributed by atoms with Gasteiger partial charge in [0, 0.05) is 42.8 Å². The van der Waals surface area contributed by atoms with Gasteiger partial charge >= 0.3 is 0 Å². The molecule has 0 aromatic carbocycles. The van der Waals surface area contributed by atoms with Crippen LogP contribution in [0, 0.1) is 6.92 Å². The van der Waals surface area contributed by atoms with Crippen molar-refractivity contribution in [1.82, 2.24) is 10.3 Å². The Morgan fingerprint density at radius 3 is 2.67 bits per heavy atom. The topological polar surface area (TPSA) is 28.2 Å². The Hall–Kier alpha value is -1.09. The zero-order chi connectivity index (χ0) is 11.4. The van der Waals surface area contributed by atoms with E-state index in [4.69, 9.17) is 0 Å². The largest absolute Gasteiger partial charge is 0.372 e. The second kappa shape index (κ2) is 5.12. The van der Waals surface area contributed by atoms with Gasteiger partial charge in [-0.25, -0.2) is 0 Å². The summed E-state index contributed by atoms with van der Waals surface area (Å²) in [6.07, 6.45) is 1.96. The highest BCUT2D eigenvalue weighted by molar-refractivity contribution is 5.53. The van der Waals surface area contributed by atoms with Crippen molar-refractivity contribution < 1.29 is 0 Å². The summed E-state index contributed by atoms with van der Waals surface area (Å²) in [4.78, 5) is 6.61. The van der Waals surface area contributed by atoms with E-state index < -0.39 is 0 Å². The van der Waals surface area contributed by atoms with Crippen LogP contribution in [-0.2, 0) is 6.54 Å². The molecule has 0 aliphatic heterocycles. The van der Waals surface area contributed by atoms with Crippen molar-refractivity contribution in [2.24, 2.45) is 0 Å². The predicted octanol–water partition coefficient (Wildman–Crippen LogP) is 1.95. The fraction of sp³-hybridized carbons (Fsp3) is 0.583. The van der Waals surface area contributed by atoms with Crippen LogP contribution in [0.2, 0.25) is 0 Å². The summed E-state index contributed by atoms with van der Waals surface area (Å²) in [6, 6.07) is 2.65. The average molecular weight is 207 g/mol. The Balaban J connectivity index is 3.06. The Labute approximate surface area is 92.5 Å². The maximum absolute atomic E-state index is 4.33. The number of aromatic nitrogens is 1. The number of aryl methyl sites for hydroxylation is 1. The zero-order valence-electron chi connectivity index (χ0n) is 10.3. The van der Waals surface area contributed by atoms with Gasteiger partial charge < -0.3 is 10.2 Å². The molecule has 0 radical (unpaired) electrons. The van der Waals surface area contributed by atoms with Crippen LogP contribution >= 0.6 is 0 Å². The SMILES string of the molecule is CNCc1cnc(C)cc1N(C)C(C)C. The Morgan fingerprint density at radius 1 is 1.47 bits per heavy atom. The van der Waals surface area contributed by atoms with Gasteiger partial charge in [0.05, 0.1) is 0 Å². The molecule has 1 N–H and O–H groups in total. The molecule has 1 rings (SSSR count). The molecule has 15 heavy (non-hydrogen) atoms. The van der Waals surface area contributed by atoms with Crippen molar-refractivity contribution >= 4 is 5.69 Å². The van der Waals surface area contributed by atoms with Gasteiger partial charge in [-0.1, -0.05) is 0 Å². The Morgan fingerprint density at radius 2 is 2.13 bits per heavy atom. The molecule has 0 aliphatic carbocycles. The molecule has 0 saturated heterocycles. The first-order chi connectivity index (χ1) is 7.06. The van der Waals surface area contributed by atoms with Gasteiger partial charge in [-0.05, 0) is 33.9 Å². The Kier molecular flexibility index (Phi) is 4.09. The highest BCUT2D eigenvalue weighted by atomic mass is 15.1. The molecule has 0 spiro atoms. The summed E-state index contributed by atoms with van der Waals surface area (Å²) in [6.45, 7) is 7.28. The van der Waals surface area contributed by atoms with Gasteiger partial charge in [-0.2, -0.15) is 0 Å². The van der Waals surface area contributed by atoms with E-state index in [-0.39, 0.29) is 0 Å². The number of nitrogens with one attached hydrogen (secondary N) is 1. The molecule has 0 amide bonds. The zero-order valence-corrected chi connectivity index (χ0v) is 10.3. The summed E-state index contributed by atoms with van der Waals surface area (Å²) in [5, 5.41) is 3.17. The lowest BCUT2D eigenvalue weighted by molar-refractivity contribution is 0.736. The molecule has 0 unspecified atom stereocenters. The second-order valence-corrected chi connectivity index (χ2v) is 4.19. The quantitative estimate of drug-likeness (QED) is 0.818. The van der Waals surface area contributed by atoms with Crippen LogP contribution in [0.4, 0.5) is 5.69 Å². The minimum absolute atomic E-state index is 0.502. The van der Waals surface area contributed by atoms with E-state index >= 15 is 0 Å². The lowest BCUT2D eigenvalue weighted by Gasteiger charge is -2.26. The highest BCUT2D eigenvalue weighted by Crippen LogP contribution is 2.21. The molecule has 1 aromatic rings. The lowest BCUT2D eigenvalue weighted by atomic mass is 10.1. The molecule has 0 bridgehead atoms. The van der Waals surface area contributed by atoms with Crippen LogP contribution in [0.5, 0.6) is 0 Å². The maximum Gasteiger partial charge on any atom is 0.0445 e. The second-order valence-electron chi connectivity index (χ2n) is 4.19. The van der Waals surface area contributed by atoms with E-state index in [1.165, 1.54) is 11.3 Å². The first-order valence-corrected chi connectivity index (χ1v) is 5.39. The lowest BCUT2D eigenvalue weighted by Crippen LogP contribution is -2.27. The smallest absolute Gasteiger partial charge is 0.0445 e. The van der Waals surface area contributed by atoms with Crippen LogP contribution in [0.15, 0.2) is 12.3 Å². The van der Waals surface area contributed by atoms with E-state index in [0.29, 0.717) is 6.04 Å². The van der Waals surface area contributed by atoms with Crippen LogP contribution in [0.25, 0.3) is 0 Å². The van der Waals surface area contributed by atoms with Crippen molar-refractivity contribution in [3.63, 3.8) is 0 Å². The van der Waals surface area contributed by atoms with Crippen molar-refractivity contribution in [1.29, 1.82) is 0 Å². The van der Waals surface area contributed by atoms with Gasteiger partial charge in [0.25, 0.3) is 0 Å². The van der Waals surface area contributed by atoms with E-state index in [0.717, 1.165) is 12.2 Å². The van der Waals surface area contributed by atoms with E-state index in [9.17, 15) is 0 Å². The molecule has 1 heterocycles. The van der Waals surface area contributed by atoms with Gasteiger partial charge in [0.1, 0.15) is 0 Å². The molecule has 0 aliphatic rings. The van der Waals surface area contributed by atoms with Crippen LogP contribution < -0.4 is 10.2 Å². The first kappa shape index (κ1) is 12.0. The number of anilines is 1. The van der Waals surface area contributed by atoms with E-state index in [2.05, 4.69) is 42.2 Å². The molecular weight excluding hydrogens is 186 g/mol. The molecular formula is C12H21N3. The van der Waals surface area contributed by atoms with Crippen LogP contribution in [-0.4, -0.2) is 25.1 Å². The number of rotatable bonds is 4. The van der Waals surface area contributed by atoms with Gasteiger partial charge in [0.2, 0.25) is 0 Å².